The van der Waals surface area contributed by atoms with Crippen molar-refractivity contribution in [1.29, 1.82) is 5.26 Å². The molecule has 2 N–H and O–H groups in total. The third-order valence-electron chi connectivity index (χ3n) is 2.57. The summed E-state index contributed by atoms with van der Waals surface area (Å²) in [6.45, 7) is 7.94. The maximum atomic E-state index is 12.0. The van der Waals surface area contributed by atoms with Gasteiger partial charge in [0.25, 0.3) is 0 Å². The zero-order valence-corrected chi connectivity index (χ0v) is 10.1. The van der Waals surface area contributed by atoms with Crippen molar-refractivity contribution in [1.82, 2.24) is 4.90 Å². The van der Waals surface area contributed by atoms with Crippen LogP contribution in [0, 0.1) is 11.3 Å². The van der Waals surface area contributed by atoms with Crippen molar-refractivity contribution in [2.75, 3.05) is 6.54 Å². The first kappa shape index (κ1) is 13.9. The van der Waals surface area contributed by atoms with Crippen molar-refractivity contribution >= 4 is 5.91 Å². The molecule has 1 unspecified atom stereocenters. The normalized spacial score (nSPS) is 14.5. The van der Waals surface area contributed by atoms with Gasteiger partial charge in [0, 0.05) is 12.6 Å². The second-order valence-electron chi connectivity index (χ2n) is 4.27. The van der Waals surface area contributed by atoms with Gasteiger partial charge in [-0.3, -0.25) is 4.79 Å². The molecule has 0 aromatic heterocycles. The summed E-state index contributed by atoms with van der Waals surface area (Å²) in [5.74, 6) is -0.0738. The standard InChI is InChI=1S/C11H21N3O/c1-5-11(4,13)10(15)14(9(2)3)8-6-7-12/h9H,5-6,8,13H2,1-4H3. The third-order valence-corrected chi connectivity index (χ3v) is 2.57. The molecule has 0 rings (SSSR count). The van der Waals surface area contributed by atoms with Crippen LogP contribution in [0.25, 0.3) is 0 Å². The van der Waals surface area contributed by atoms with Crippen LogP contribution < -0.4 is 5.73 Å². The lowest BCUT2D eigenvalue weighted by atomic mass is 9.97. The summed E-state index contributed by atoms with van der Waals surface area (Å²) >= 11 is 0. The predicted molar refractivity (Wildman–Crippen MR) is 60.0 cm³/mol. The van der Waals surface area contributed by atoms with Crippen LogP contribution in [0.3, 0.4) is 0 Å². The van der Waals surface area contributed by atoms with E-state index in [2.05, 4.69) is 0 Å². The number of nitrogens with two attached hydrogens (primary N) is 1. The second kappa shape index (κ2) is 5.72. The molecule has 0 radical (unpaired) electrons. The molecule has 1 atom stereocenters. The van der Waals surface area contributed by atoms with Gasteiger partial charge in [-0.2, -0.15) is 5.26 Å². The van der Waals surface area contributed by atoms with Gasteiger partial charge in [-0.25, -0.2) is 0 Å². The van der Waals surface area contributed by atoms with Crippen LogP contribution in [-0.2, 0) is 4.79 Å². The van der Waals surface area contributed by atoms with Crippen molar-refractivity contribution in [3.8, 4) is 6.07 Å². The number of rotatable bonds is 5. The van der Waals surface area contributed by atoms with Crippen LogP contribution >= 0.6 is 0 Å². The molecule has 0 aliphatic rings. The van der Waals surface area contributed by atoms with E-state index in [0.29, 0.717) is 19.4 Å². The number of amides is 1. The first-order chi connectivity index (χ1) is 6.86. The summed E-state index contributed by atoms with van der Waals surface area (Å²) in [5.41, 5.74) is 5.08. The topological polar surface area (TPSA) is 70.1 Å². The van der Waals surface area contributed by atoms with Crippen LogP contribution in [0.4, 0.5) is 0 Å². The Kier molecular flexibility index (Phi) is 5.31. The van der Waals surface area contributed by atoms with Crippen LogP contribution in [-0.4, -0.2) is 28.9 Å². The molecule has 15 heavy (non-hydrogen) atoms. The monoisotopic (exact) mass is 211 g/mol. The fraction of sp³-hybridized carbons (Fsp3) is 0.818. The number of carbonyl (C=O) groups is 1. The Hall–Kier alpha value is -1.08. The molecular formula is C11H21N3O. The maximum absolute atomic E-state index is 12.0. The highest BCUT2D eigenvalue weighted by molar-refractivity contribution is 5.85. The van der Waals surface area contributed by atoms with E-state index in [1.807, 2.05) is 26.8 Å². The van der Waals surface area contributed by atoms with Crippen molar-refractivity contribution in [2.45, 2.75) is 52.1 Å². The summed E-state index contributed by atoms with van der Waals surface area (Å²) < 4.78 is 0. The Morgan fingerprint density at radius 1 is 1.60 bits per heavy atom. The summed E-state index contributed by atoms with van der Waals surface area (Å²) in [4.78, 5) is 13.7. The molecular weight excluding hydrogens is 190 g/mol. The summed E-state index contributed by atoms with van der Waals surface area (Å²) in [7, 11) is 0. The first-order valence-corrected chi connectivity index (χ1v) is 5.33. The Morgan fingerprint density at radius 3 is 2.47 bits per heavy atom. The maximum Gasteiger partial charge on any atom is 0.242 e. The minimum Gasteiger partial charge on any atom is -0.338 e. The van der Waals surface area contributed by atoms with E-state index < -0.39 is 5.54 Å². The minimum absolute atomic E-state index is 0.0738. The van der Waals surface area contributed by atoms with E-state index in [9.17, 15) is 4.79 Å². The summed E-state index contributed by atoms with van der Waals surface area (Å²) in [6, 6.07) is 2.13. The van der Waals surface area contributed by atoms with Crippen molar-refractivity contribution in [2.24, 2.45) is 5.73 Å². The molecule has 0 saturated heterocycles. The zero-order chi connectivity index (χ0) is 12.1. The van der Waals surface area contributed by atoms with Gasteiger partial charge < -0.3 is 10.6 Å². The predicted octanol–water partition coefficient (Wildman–Crippen LogP) is 1.26. The van der Waals surface area contributed by atoms with Gasteiger partial charge in [-0.15, -0.1) is 0 Å². The molecule has 0 aromatic carbocycles. The van der Waals surface area contributed by atoms with Crippen LogP contribution in [0.2, 0.25) is 0 Å². The summed E-state index contributed by atoms with van der Waals surface area (Å²) in [5, 5.41) is 8.52. The van der Waals surface area contributed by atoms with Crippen molar-refractivity contribution < 1.29 is 4.79 Å². The van der Waals surface area contributed by atoms with Crippen LogP contribution in [0.5, 0.6) is 0 Å². The number of nitriles is 1. The first-order valence-electron chi connectivity index (χ1n) is 5.33. The number of carbonyl (C=O) groups excluding carboxylic acids is 1. The van der Waals surface area contributed by atoms with E-state index in [4.69, 9.17) is 11.0 Å². The van der Waals surface area contributed by atoms with E-state index >= 15 is 0 Å². The molecule has 0 spiro atoms. The van der Waals surface area contributed by atoms with Gasteiger partial charge in [-0.05, 0) is 27.2 Å². The Balaban J connectivity index is 4.64. The minimum atomic E-state index is -0.820. The van der Waals surface area contributed by atoms with E-state index in [0.717, 1.165) is 0 Å². The number of hydrogen-bond donors (Lipinski definition) is 1. The lowest BCUT2D eigenvalue weighted by Crippen LogP contribution is -2.55. The average Bonchev–Trinajstić information content (AvgIpc) is 2.17. The fourth-order valence-corrected chi connectivity index (χ4v) is 1.24. The fourth-order valence-electron chi connectivity index (χ4n) is 1.24. The second-order valence-corrected chi connectivity index (χ2v) is 4.27. The molecule has 0 bridgehead atoms. The van der Waals surface area contributed by atoms with Crippen LogP contribution in [0.1, 0.15) is 40.5 Å². The molecule has 0 aromatic rings. The number of nitrogens with zero attached hydrogens (tertiary/aromatic N) is 2. The Bertz CT molecular complexity index is 253. The van der Waals surface area contributed by atoms with Gasteiger partial charge >= 0.3 is 0 Å². The van der Waals surface area contributed by atoms with Gasteiger partial charge in [0.05, 0.1) is 18.0 Å². The molecule has 0 saturated carbocycles. The molecule has 4 nitrogen and oxygen atoms in total. The lowest BCUT2D eigenvalue weighted by Gasteiger charge is -2.33. The Labute approximate surface area is 92.0 Å². The van der Waals surface area contributed by atoms with Crippen molar-refractivity contribution in [3.05, 3.63) is 0 Å². The largest absolute Gasteiger partial charge is 0.338 e. The average molecular weight is 211 g/mol. The molecule has 0 aliphatic heterocycles. The smallest absolute Gasteiger partial charge is 0.242 e. The van der Waals surface area contributed by atoms with E-state index in [1.54, 1.807) is 11.8 Å². The van der Waals surface area contributed by atoms with E-state index in [1.165, 1.54) is 0 Å². The lowest BCUT2D eigenvalue weighted by molar-refractivity contribution is -0.138. The van der Waals surface area contributed by atoms with Gasteiger partial charge in [-0.1, -0.05) is 6.92 Å². The molecule has 1 amide bonds. The molecule has 4 heteroatoms. The number of hydrogen-bond acceptors (Lipinski definition) is 3. The third kappa shape index (κ3) is 3.88. The van der Waals surface area contributed by atoms with Gasteiger partial charge in [0.2, 0.25) is 5.91 Å². The molecule has 0 fully saturated rings. The highest BCUT2D eigenvalue weighted by Gasteiger charge is 2.31. The van der Waals surface area contributed by atoms with Gasteiger partial charge in [0.1, 0.15) is 0 Å². The highest BCUT2D eigenvalue weighted by atomic mass is 16.2. The summed E-state index contributed by atoms with van der Waals surface area (Å²) in [6.07, 6.45) is 0.950. The van der Waals surface area contributed by atoms with E-state index in [-0.39, 0.29) is 11.9 Å². The van der Waals surface area contributed by atoms with Gasteiger partial charge in [0.15, 0.2) is 0 Å². The van der Waals surface area contributed by atoms with Crippen LogP contribution in [0.15, 0.2) is 0 Å². The Morgan fingerprint density at radius 2 is 2.13 bits per heavy atom. The molecule has 86 valence electrons. The van der Waals surface area contributed by atoms with Crippen molar-refractivity contribution in [3.63, 3.8) is 0 Å². The molecule has 0 heterocycles. The SMILES string of the molecule is CCC(C)(N)C(=O)N(CCC#N)C(C)C. The molecule has 0 aliphatic carbocycles. The zero-order valence-electron chi connectivity index (χ0n) is 10.1. The highest BCUT2D eigenvalue weighted by Crippen LogP contribution is 2.12. The quantitative estimate of drug-likeness (QED) is 0.744.